The fourth-order valence-corrected chi connectivity index (χ4v) is 5.13. The second-order valence-electron chi connectivity index (χ2n) is 10.8. The first-order valence-corrected chi connectivity index (χ1v) is 13.4. The number of benzene rings is 1. The SMILES string of the molecule is CC(C)(F)C(=O)N[C@H]1CCC[C@H](c2nc(-c3ccc(C(=O)Nc4cc(C(F)(F)F)ccn4)cc3)c3c(N)nccn23)C1. The summed E-state index contributed by atoms with van der Waals surface area (Å²) in [6.07, 6.45) is 2.68. The monoisotopic (exact) mass is 583 g/mol. The summed E-state index contributed by atoms with van der Waals surface area (Å²) in [5.74, 6) is -0.562. The smallest absolute Gasteiger partial charge is 0.382 e. The molecule has 0 saturated heterocycles. The predicted octanol–water partition coefficient (Wildman–Crippen LogP) is 5.54. The molecular formula is C29H29F4N7O2. The molecule has 1 saturated carbocycles. The summed E-state index contributed by atoms with van der Waals surface area (Å²) in [6, 6.07) is 7.77. The summed E-state index contributed by atoms with van der Waals surface area (Å²) in [7, 11) is 0. The molecule has 0 unspecified atom stereocenters. The van der Waals surface area contributed by atoms with E-state index in [-0.39, 0.29) is 29.2 Å². The second-order valence-corrected chi connectivity index (χ2v) is 10.8. The van der Waals surface area contributed by atoms with E-state index >= 15 is 0 Å². The van der Waals surface area contributed by atoms with Gasteiger partial charge in [0.05, 0.1) is 5.56 Å². The number of amides is 2. The standard InChI is InChI=1S/C29H29F4N7O2/c1-28(2,30)27(42)37-20-5-3-4-18(14-20)25-39-22(23-24(34)36-12-13-40(23)25)16-6-8-17(9-7-16)26(41)38-21-15-19(10-11-35-21)29(31,32)33/h6-13,15,18,20H,3-5,14H2,1-2H3,(H2,34,36)(H,37,42)(H,35,38,41)/t18-,20-/m0/s1. The van der Waals surface area contributed by atoms with Crippen LogP contribution in [0.2, 0.25) is 0 Å². The van der Waals surface area contributed by atoms with Crippen molar-refractivity contribution in [3.8, 4) is 11.3 Å². The lowest BCUT2D eigenvalue weighted by atomic mass is 9.85. The molecule has 42 heavy (non-hydrogen) atoms. The maximum atomic E-state index is 14.1. The average molecular weight is 584 g/mol. The third kappa shape index (κ3) is 6.04. The highest BCUT2D eigenvalue weighted by atomic mass is 19.4. The highest BCUT2D eigenvalue weighted by molar-refractivity contribution is 6.04. The number of anilines is 2. The number of carbonyl (C=O) groups is 2. The number of nitrogens with one attached hydrogen (secondary N) is 2. The quantitative estimate of drug-likeness (QED) is 0.256. The molecule has 2 amide bonds. The molecule has 13 heteroatoms. The molecule has 9 nitrogen and oxygen atoms in total. The summed E-state index contributed by atoms with van der Waals surface area (Å²) in [5.41, 5.74) is 5.33. The van der Waals surface area contributed by atoms with E-state index in [0.29, 0.717) is 23.2 Å². The number of halogens is 4. The van der Waals surface area contributed by atoms with E-state index in [0.717, 1.165) is 43.4 Å². The summed E-state index contributed by atoms with van der Waals surface area (Å²) < 4.78 is 55.0. The molecule has 3 aromatic heterocycles. The highest BCUT2D eigenvalue weighted by Gasteiger charge is 2.33. The van der Waals surface area contributed by atoms with Crippen molar-refractivity contribution < 1.29 is 27.2 Å². The molecule has 4 N–H and O–H groups in total. The molecular weight excluding hydrogens is 554 g/mol. The number of pyridine rings is 1. The third-order valence-electron chi connectivity index (χ3n) is 7.27. The zero-order valence-electron chi connectivity index (χ0n) is 22.9. The van der Waals surface area contributed by atoms with Gasteiger partial charge in [0.15, 0.2) is 5.67 Å². The highest BCUT2D eigenvalue weighted by Crippen LogP contribution is 2.37. The molecule has 1 fully saturated rings. The van der Waals surface area contributed by atoms with Gasteiger partial charge in [-0.3, -0.25) is 14.0 Å². The number of aromatic nitrogens is 4. The Bertz CT molecular complexity index is 1630. The Balaban J connectivity index is 1.40. The van der Waals surface area contributed by atoms with Crippen LogP contribution in [0.4, 0.5) is 29.2 Å². The van der Waals surface area contributed by atoms with E-state index in [9.17, 15) is 27.2 Å². The minimum Gasteiger partial charge on any atom is -0.382 e. The Morgan fingerprint density at radius 3 is 2.45 bits per heavy atom. The number of hydrogen-bond donors (Lipinski definition) is 3. The Kier molecular flexibility index (Phi) is 7.60. The molecule has 3 heterocycles. The van der Waals surface area contributed by atoms with Crippen molar-refractivity contribution in [3.63, 3.8) is 0 Å². The van der Waals surface area contributed by atoms with E-state index in [4.69, 9.17) is 10.7 Å². The van der Waals surface area contributed by atoms with Gasteiger partial charge in [0, 0.05) is 41.7 Å². The Labute approximate surface area is 238 Å². The lowest BCUT2D eigenvalue weighted by Gasteiger charge is -2.30. The van der Waals surface area contributed by atoms with E-state index in [1.807, 2.05) is 4.40 Å². The van der Waals surface area contributed by atoms with E-state index < -0.39 is 29.2 Å². The van der Waals surface area contributed by atoms with Crippen LogP contribution in [0.1, 0.15) is 67.2 Å². The molecule has 0 spiro atoms. The van der Waals surface area contributed by atoms with Crippen molar-refractivity contribution in [1.82, 2.24) is 24.7 Å². The maximum absolute atomic E-state index is 14.1. The number of nitrogen functional groups attached to an aromatic ring is 1. The molecule has 0 aliphatic heterocycles. The van der Waals surface area contributed by atoms with Gasteiger partial charge in [-0.25, -0.2) is 19.3 Å². The van der Waals surface area contributed by atoms with Gasteiger partial charge in [0.25, 0.3) is 11.8 Å². The Morgan fingerprint density at radius 1 is 1.02 bits per heavy atom. The van der Waals surface area contributed by atoms with Gasteiger partial charge in [0.2, 0.25) is 0 Å². The van der Waals surface area contributed by atoms with Crippen LogP contribution in [-0.4, -0.2) is 42.9 Å². The van der Waals surface area contributed by atoms with Crippen molar-refractivity contribution in [3.05, 3.63) is 71.9 Å². The van der Waals surface area contributed by atoms with Gasteiger partial charge in [0.1, 0.15) is 28.7 Å². The number of carbonyl (C=O) groups excluding carboxylic acids is 2. The summed E-state index contributed by atoms with van der Waals surface area (Å²) in [4.78, 5) is 37.9. The molecule has 0 radical (unpaired) electrons. The molecule has 5 rings (SSSR count). The topological polar surface area (TPSA) is 127 Å². The van der Waals surface area contributed by atoms with Crippen LogP contribution in [0.25, 0.3) is 16.8 Å². The van der Waals surface area contributed by atoms with Crippen molar-refractivity contribution in [2.24, 2.45) is 0 Å². The van der Waals surface area contributed by atoms with Crippen molar-refractivity contribution in [2.75, 3.05) is 11.1 Å². The predicted molar refractivity (Wildman–Crippen MR) is 148 cm³/mol. The van der Waals surface area contributed by atoms with Crippen LogP contribution in [0, 0.1) is 0 Å². The van der Waals surface area contributed by atoms with Crippen molar-refractivity contribution >= 4 is 29.0 Å². The van der Waals surface area contributed by atoms with Gasteiger partial charge in [-0.2, -0.15) is 13.2 Å². The number of nitrogens with two attached hydrogens (primary N) is 1. The molecule has 1 aliphatic rings. The number of alkyl halides is 4. The van der Waals surface area contributed by atoms with Crippen molar-refractivity contribution in [1.29, 1.82) is 0 Å². The summed E-state index contributed by atoms with van der Waals surface area (Å²) in [5, 5.41) is 5.20. The fourth-order valence-electron chi connectivity index (χ4n) is 5.13. The average Bonchev–Trinajstić information content (AvgIpc) is 3.33. The second kappa shape index (κ2) is 11.0. The van der Waals surface area contributed by atoms with Crippen LogP contribution in [0.15, 0.2) is 55.0 Å². The number of nitrogens with zero attached hydrogens (tertiary/aromatic N) is 4. The number of imidazole rings is 1. The largest absolute Gasteiger partial charge is 0.416 e. The summed E-state index contributed by atoms with van der Waals surface area (Å²) >= 11 is 0. The van der Waals surface area contributed by atoms with Crippen molar-refractivity contribution in [2.45, 2.75) is 63.3 Å². The molecule has 1 aromatic carbocycles. The Hall–Kier alpha value is -4.55. The van der Waals surface area contributed by atoms with Crippen LogP contribution in [-0.2, 0) is 11.0 Å². The molecule has 4 aromatic rings. The molecule has 0 bridgehead atoms. The number of fused-ring (bicyclic) bond motifs is 1. The first-order valence-electron chi connectivity index (χ1n) is 13.4. The fraction of sp³-hybridized carbons (Fsp3) is 0.345. The molecule has 220 valence electrons. The van der Waals surface area contributed by atoms with Gasteiger partial charge in [-0.05, 0) is 57.4 Å². The zero-order chi connectivity index (χ0) is 30.2. The van der Waals surface area contributed by atoms with E-state index in [1.165, 1.54) is 26.0 Å². The van der Waals surface area contributed by atoms with E-state index in [2.05, 4.69) is 20.6 Å². The van der Waals surface area contributed by atoms with Crippen LogP contribution in [0.3, 0.4) is 0 Å². The van der Waals surface area contributed by atoms with Gasteiger partial charge < -0.3 is 16.4 Å². The normalized spacial score (nSPS) is 17.7. The third-order valence-corrected chi connectivity index (χ3v) is 7.27. The van der Waals surface area contributed by atoms with Crippen LogP contribution in [0.5, 0.6) is 0 Å². The van der Waals surface area contributed by atoms with Crippen LogP contribution >= 0.6 is 0 Å². The van der Waals surface area contributed by atoms with Gasteiger partial charge >= 0.3 is 6.18 Å². The molecule has 1 aliphatic carbocycles. The maximum Gasteiger partial charge on any atom is 0.416 e. The number of hydrogen-bond acceptors (Lipinski definition) is 6. The van der Waals surface area contributed by atoms with E-state index in [1.54, 1.807) is 24.5 Å². The lowest BCUT2D eigenvalue weighted by Crippen LogP contribution is -2.46. The van der Waals surface area contributed by atoms with Crippen LogP contribution < -0.4 is 16.4 Å². The Morgan fingerprint density at radius 2 is 1.76 bits per heavy atom. The minimum absolute atomic E-state index is 0.0418. The van der Waals surface area contributed by atoms with Gasteiger partial charge in [-0.15, -0.1) is 0 Å². The molecule has 2 atom stereocenters. The minimum atomic E-state index is -4.56. The zero-order valence-corrected chi connectivity index (χ0v) is 22.9. The lowest BCUT2D eigenvalue weighted by molar-refractivity contribution is -0.137. The van der Waals surface area contributed by atoms with Gasteiger partial charge in [-0.1, -0.05) is 18.6 Å². The first-order chi connectivity index (χ1) is 19.8. The first kappa shape index (κ1) is 29.0. The number of rotatable bonds is 6. The summed E-state index contributed by atoms with van der Waals surface area (Å²) in [6.45, 7) is 2.45.